The lowest BCUT2D eigenvalue weighted by Crippen LogP contribution is -2.32. The summed E-state index contributed by atoms with van der Waals surface area (Å²) in [5.74, 6) is 0.842. The van der Waals surface area contributed by atoms with E-state index in [9.17, 15) is 0 Å². The molecule has 0 spiro atoms. The van der Waals surface area contributed by atoms with Crippen LogP contribution in [0.3, 0.4) is 0 Å². The van der Waals surface area contributed by atoms with Crippen molar-refractivity contribution in [1.29, 1.82) is 0 Å². The van der Waals surface area contributed by atoms with Crippen molar-refractivity contribution in [1.82, 2.24) is 5.32 Å². The first-order valence-electron chi connectivity index (χ1n) is 6.63. The van der Waals surface area contributed by atoms with Gasteiger partial charge in [0.25, 0.3) is 0 Å². The van der Waals surface area contributed by atoms with E-state index in [1.54, 1.807) is 0 Å². The lowest BCUT2D eigenvalue weighted by molar-refractivity contribution is 0.232. The molecule has 0 saturated heterocycles. The van der Waals surface area contributed by atoms with Gasteiger partial charge in [-0.25, -0.2) is 0 Å². The van der Waals surface area contributed by atoms with Crippen molar-refractivity contribution >= 4 is 15.9 Å². The number of aryl methyl sites for hydroxylation is 2. The molecule has 1 nitrogen and oxygen atoms in total. The smallest absolute Gasteiger partial charge is 0.0351 e. The fourth-order valence-electron chi connectivity index (χ4n) is 2.66. The predicted molar refractivity (Wildman–Crippen MR) is 77.4 cm³/mol. The summed E-state index contributed by atoms with van der Waals surface area (Å²) < 4.78 is 1.22. The van der Waals surface area contributed by atoms with Crippen molar-refractivity contribution in [2.75, 3.05) is 6.54 Å². The summed E-state index contributed by atoms with van der Waals surface area (Å²) in [4.78, 5) is 0. The molecule has 1 atom stereocenters. The van der Waals surface area contributed by atoms with Crippen molar-refractivity contribution in [3.63, 3.8) is 0 Å². The average Bonchev–Trinajstić information content (AvgIpc) is 2.20. The van der Waals surface area contributed by atoms with Crippen LogP contribution in [0.5, 0.6) is 0 Å². The molecule has 2 heteroatoms. The molecule has 1 unspecified atom stereocenters. The van der Waals surface area contributed by atoms with Crippen LogP contribution in [0.25, 0.3) is 0 Å². The highest BCUT2D eigenvalue weighted by molar-refractivity contribution is 9.10. The van der Waals surface area contributed by atoms with E-state index >= 15 is 0 Å². The molecule has 17 heavy (non-hydrogen) atoms. The molecule has 0 amide bonds. The molecular formula is C15H22BrN. The minimum Gasteiger partial charge on any atom is -0.310 e. The first kappa shape index (κ1) is 13.1. The Morgan fingerprint density at radius 3 is 2.53 bits per heavy atom. The molecule has 1 aromatic carbocycles. The van der Waals surface area contributed by atoms with Gasteiger partial charge in [-0.2, -0.15) is 0 Å². The molecule has 2 rings (SSSR count). The Balaban J connectivity index is 2.31. The van der Waals surface area contributed by atoms with Gasteiger partial charge < -0.3 is 5.32 Å². The van der Waals surface area contributed by atoms with E-state index in [0.717, 1.165) is 12.5 Å². The van der Waals surface area contributed by atoms with Gasteiger partial charge >= 0.3 is 0 Å². The molecule has 0 heterocycles. The summed E-state index contributed by atoms with van der Waals surface area (Å²) in [5, 5.41) is 3.67. The number of halogens is 1. The quantitative estimate of drug-likeness (QED) is 0.861. The fourth-order valence-corrected chi connectivity index (χ4v) is 3.12. The number of rotatable bonds is 4. The number of hydrogen-bond donors (Lipinski definition) is 1. The van der Waals surface area contributed by atoms with Crippen molar-refractivity contribution in [2.45, 2.75) is 46.1 Å². The van der Waals surface area contributed by atoms with E-state index in [-0.39, 0.29) is 0 Å². The summed E-state index contributed by atoms with van der Waals surface area (Å²) in [6.07, 6.45) is 4.17. The van der Waals surface area contributed by atoms with Crippen molar-refractivity contribution in [2.24, 2.45) is 5.92 Å². The summed E-state index contributed by atoms with van der Waals surface area (Å²) in [6, 6.07) is 5.17. The van der Waals surface area contributed by atoms with E-state index in [1.807, 2.05) is 0 Å². The van der Waals surface area contributed by atoms with Crippen LogP contribution in [-0.4, -0.2) is 6.54 Å². The maximum absolute atomic E-state index is 3.67. The topological polar surface area (TPSA) is 12.0 Å². The van der Waals surface area contributed by atoms with Crippen LogP contribution in [0, 0.1) is 19.8 Å². The summed E-state index contributed by atoms with van der Waals surface area (Å²) >= 11 is 3.62. The van der Waals surface area contributed by atoms with Gasteiger partial charge in [-0.3, -0.25) is 0 Å². The van der Waals surface area contributed by atoms with Crippen molar-refractivity contribution < 1.29 is 0 Å². The molecule has 1 fully saturated rings. The second-order valence-corrected chi connectivity index (χ2v) is 6.04. The third kappa shape index (κ3) is 2.74. The summed E-state index contributed by atoms with van der Waals surface area (Å²) in [7, 11) is 0. The minimum absolute atomic E-state index is 0.556. The van der Waals surface area contributed by atoms with E-state index in [4.69, 9.17) is 0 Å². The molecule has 1 aliphatic rings. The third-order valence-electron chi connectivity index (χ3n) is 3.93. The van der Waals surface area contributed by atoms with Crippen molar-refractivity contribution in [3.05, 3.63) is 33.3 Å². The molecule has 1 aliphatic carbocycles. The van der Waals surface area contributed by atoms with Gasteiger partial charge in [-0.05, 0) is 61.9 Å². The van der Waals surface area contributed by atoms with Crippen LogP contribution in [0.4, 0.5) is 0 Å². The van der Waals surface area contributed by atoms with Crippen LogP contribution in [0.2, 0.25) is 0 Å². The zero-order valence-corrected chi connectivity index (χ0v) is 12.6. The van der Waals surface area contributed by atoms with Crippen LogP contribution < -0.4 is 5.32 Å². The number of hydrogen-bond acceptors (Lipinski definition) is 1. The van der Waals surface area contributed by atoms with Gasteiger partial charge in [0.1, 0.15) is 0 Å². The van der Waals surface area contributed by atoms with Gasteiger partial charge in [0.05, 0.1) is 0 Å². The van der Waals surface area contributed by atoms with E-state index < -0.39 is 0 Å². The number of nitrogens with one attached hydrogen (secondary N) is 1. The van der Waals surface area contributed by atoms with E-state index in [0.29, 0.717) is 6.04 Å². The minimum atomic E-state index is 0.556. The lowest BCUT2D eigenvalue weighted by Gasteiger charge is -2.35. The highest BCUT2D eigenvalue weighted by atomic mass is 79.9. The Kier molecular flexibility index (Phi) is 4.26. The largest absolute Gasteiger partial charge is 0.310 e. The van der Waals surface area contributed by atoms with Crippen LogP contribution >= 0.6 is 15.9 Å². The van der Waals surface area contributed by atoms with Gasteiger partial charge in [0.2, 0.25) is 0 Å². The zero-order chi connectivity index (χ0) is 12.4. The lowest BCUT2D eigenvalue weighted by atomic mass is 9.76. The molecule has 0 bridgehead atoms. The SMILES string of the molecule is CCNC(c1cc(C)c(Br)cc1C)C1CCC1. The first-order chi connectivity index (χ1) is 8.13. The summed E-state index contributed by atoms with van der Waals surface area (Å²) in [5.41, 5.74) is 4.24. The first-order valence-corrected chi connectivity index (χ1v) is 7.42. The van der Waals surface area contributed by atoms with Crippen LogP contribution in [0.15, 0.2) is 16.6 Å². The second-order valence-electron chi connectivity index (χ2n) is 5.18. The Bertz CT molecular complexity index is 396. The fraction of sp³-hybridized carbons (Fsp3) is 0.600. The molecule has 0 aliphatic heterocycles. The summed E-state index contributed by atoms with van der Waals surface area (Å²) in [6.45, 7) is 7.65. The molecule has 0 radical (unpaired) electrons. The molecule has 1 saturated carbocycles. The van der Waals surface area contributed by atoms with Crippen LogP contribution in [-0.2, 0) is 0 Å². The van der Waals surface area contributed by atoms with Gasteiger partial charge in [0.15, 0.2) is 0 Å². The normalized spacial score (nSPS) is 17.9. The van der Waals surface area contributed by atoms with Gasteiger partial charge in [0, 0.05) is 10.5 Å². The standard InChI is InChI=1S/C15H22BrN/c1-4-17-15(12-6-5-7-12)13-8-11(3)14(16)9-10(13)2/h8-9,12,15,17H,4-7H2,1-3H3. The molecule has 1 aromatic rings. The van der Waals surface area contributed by atoms with E-state index in [1.165, 1.54) is 40.4 Å². The van der Waals surface area contributed by atoms with E-state index in [2.05, 4.69) is 54.2 Å². The van der Waals surface area contributed by atoms with Crippen molar-refractivity contribution in [3.8, 4) is 0 Å². The Hall–Kier alpha value is -0.340. The van der Waals surface area contributed by atoms with Gasteiger partial charge in [-0.1, -0.05) is 35.3 Å². The molecule has 1 N–H and O–H groups in total. The highest BCUT2D eigenvalue weighted by Crippen LogP contribution is 2.39. The average molecular weight is 296 g/mol. The molecule has 0 aromatic heterocycles. The number of benzene rings is 1. The molecular weight excluding hydrogens is 274 g/mol. The third-order valence-corrected chi connectivity index (χ3v) is 4.78. The Morgan fingerprint density at radius 2 is 2.00 bits per heavy atom. The zero-order valence-electron chi connectivity index (χ0n) is 11.0. The maximum Gasteiger partial charge on any atom is 0.0351 e. The predicted octanol–water partition coefficient (Wildman–Crippen LogP) is 4.52. The Morgan fingerprint density at radius 1 is 1.29 bits per heavy atom. The monoisotopic (exact) mass is 295 g/mol. The maximum atomic E-state index is 3.67. The van der Waals surface area contributed by atoms with Crippen LogP contribution in [0.1, 0.15) is 48.9 Å². The second kappa shape index (κ2) is 5.53. The Labute approximate surface area is 113 Å². The molecule has 94 valence electrons. The highest BCUT2D eigenvalue weighted by Gasteiger charge is 2.28. The van der Waals surface area contributed by atoms with Gasteiger partial charge in [-0.15, -0.1) is 0 Å².